The third kappa shape index (κ3) is 7.24. The second-order valence-electron chi connectivity index (χ2n) is 8.14. The average Bonchev–Trinajstić information content (AvgIpc) is 2.68. The van der Waals surface area contributed by atoms with Gasteiger partial charge in [0.15, 0.2) is 0 Å². The maximum Gasteiger partial charge on any atom is 0.329 e. The van der Waals surface area contributed by atoms with Gasteiger partial charge < -0.3 is 15.0 Å². The first-order valence-electron chi connectivity index (χ1n) is 9.93. The van der Waals surface area contributed by atoms with Crippen molar-refractivity contribution in [2.24, 2.45) is 0 Å². The number of carbonyl (C=O) groups is 2. The molecule has 28 heavy (non-hydrogen) atoms. The van der Waals surface area contributed by atoms with Crippen molar-refractivity contribution in [2.75, 3.05) is 26.2 Å². The molecule has 0 saturated carbocycles. The van der Waals surface area contributed by atoms with Crippen LogP contribution in [0.2, 0.25) is 0 Å². The lowest BCUT2D eigenvalue weighted by atomic mass is 10.1. The molecular weight excluding hydrogens is 469 g/mol. The van der Waals surface area contributed by atoms with Crippen molar-refractivity contribution in [1.82, 2.24) is 15.1 Å². The molecule has 1 N–H and O–H groups in total. The maximum atomic E-state index is 12.7. The van der Waals surface area contributed by atoms with Crippen molar-refractivity contribution in [1.29, 1.82) is 0 Å². The molecule has 2 rings (SSSR count). The second-order valence-corrected chi connectivity index (χ2v) is 9.38. The molecule has 0 bridgehead atoms. The summed E-state index contributed by atoms with van der Waals surface area (Å²) in [5, 5.41) is 2.97. The van der Waals surface area contributed by atoms with Crippen LogP contribution in [0.3, 0.4) is 0 Å². The molecule has 1 atom stereocenters. The Hall–Kier alpha value is -1.35. The van der Waals surface area contributed by atoms with Crippen LogP contribution in [0.4, 0.5) is 4.79 Å². The maximum absolute atomic E-state index is 12.7. The topological polar surface area (TPSA) is 61.9 Å². The van der Waals surface area contributed by atoms with E-state index >= 15 is 0 Å². The highest BCUT2D eigenvalue weighted by Gasteiger charge is 2.32. The number of rotatable bonds is 5. The minimum Gasteiger partial charge on any atom is -0.458 e. The standard InChI is InChI=1S/C21H32IN3O3/c1-5-18(19(26)28-21(2,3)4)25-13-6-12-24(14-11-23-20(25)27)15-16-7-9-17(22)10-8-16/h7-10,18H,5-6,11-15H2,1-4H3,(H,23,27)/t18-/m0/s1. The summed E-state index contributed by atoms with van der Waals surface area (Å²) in [5.74, 6) is -0.333. The van der Waals surface area contributed by atoms with E-state index < -0.39 is 11.6 Å². The highest BCUT2D eigenvalue weighted by molar-refractivity contribution is 14.1. The molecule has 1 saturated heterocycles. The predicted molar refractivity (Wildman–Crippen MR) is 119 cm³/mol. The van der Waals surface area contributed by atoms with E-state index in [1.807, 2.05) is 27.7 Å². The summed E-state index contributed by atoms with van der Waals surface area (Å²) in [7, 11) is 0. The summed E-state index contributed by atoms with van der Waals surface area (Å²) >= 11 is 2.31. The van der Waals surface area contributed by atoms with E-state index in [0.717, 1.165) is 26.1 Å². The Morgan fingerprint density at radius 3 is 2.50 bits per heavy atom. The van der Waals surface area contributed by atoms with Gasteiger partial charge in [0.1, 0.15) is 11.6 Å². The van der Waals surface area contributed by atoms with E-state index in [2.05, 4.69) is 57.1 Å². The smallest absolute Gasteiger partial charge is 0.329 e. The Morgan fingerprint density at radius 2 is 1.89 bits per heavy atom. The van der Waals surface area contributed by atoms with Crippen molar-refractivity contribution in [3.8, 4) is 0 Å². The molecule has 1 aliphatic rings. The van der Waals surface area contributed by atoms with Crippen LogP contribution in [0, 0.1) is 3.57 Å². The summed E-state index contributed by atoms with van der Waals surface area (Å²) in [6, 6.07) is 7.78. The normalized spacial score (nSPS) is 17.9. The minimum atomic E-state index is -0.565. The van der Waals surface area contributed by atoms with Crippen LogP contribution in [0.25, 0.3) is 0 Å². The largest absolute Gasteiger partial charge is 0.458 e. The number of amides is 2. The van der Waals surface area contributed by atoms with Gasteiger partial charge in [0.05, 0.1) is 0 Å². The molecule has 1 heterocycles. The van der Waals surface area contributed by atoms with Crippen LogP contribution >= 0.6 is 22.6 Å². The number of ether oxygens (including phenoxy) is 1. The average molecular weight is 501 g/mol. The Labute approximate surface area is 182 Å². The number of halogens is 1. The SMILES string of the molecule is CC[C@@H](C(=O)OC(C)(C)C)N1CCCN(Cc2ccc(I)cc2)CCNC1=O. The van der Waals surface area contributed by atoms with Crippen LogP contribution in [0.1, 0.15) is 46.1 Å². The Kier molecular flexibility index (Phi) is 8.55. The summed E-state index contributed by atoms with van der Waals surface area (Å²) in [4.78, 5) is 29.3. The van der Waals surface area contributed by atoms with Gasteiger partial charge in [-0.25, -0.2) is 9.59 Å². The molecule has 156 valence electrons. The molecule has 0 radical (unpaired) electrons. The van der Waals surface area contributed by atoms with Crippen molar-refractivity contribution in [3.05, 3.63) is 33.4 Å². The lowest BCUT2D eigenvalue weighted by Gasteiger charge is -2.31. The number of esters is 1. The fourth-order valence-corrected chi connectivity index (χ4v) is 3.65. The zero-order valence-corrected chi connectivity index (χ0v) is 19.5. The molecule has 0 aliphatic carbocycles. The molecule has 6 nitrogen and oxygen atoms in total. The number of urea groups is 1. The first-order chi connectivity index (χ1) is 13.2. The van der Waals surface area contributed by atoms with Gasteiger partial charge in [-0.2, -0.15) is 0 Å². The summed E-state index contributed by atoms with van der Waals surface area (Å²) in [5.41, 5.74) is 0.702. The van der Waals surface area contributed by atoms with E-state index in [0.29, 0.717) is 19.5 Å². The summed E-state index contributed by atoms with van der Waals surface area (Å²) in [6.07, 6.45) is 1.35. The van der Waals surface area contributed by atoms with Gasteiger partial charge in [0.25, 0.3) is 0 Å². The number of nitrogens with zero attached hydrogens (tertiary/aromatic N) is 2. The van der Waals surface area contributed by atoms with Crippen LogP contribution < -0.4 is 5.32 Å². The number of benzene rings is 1. The molecule has 1 aliphatic heterocycles. The number of nitrogens with one attached hydrogen (secondary N) is 1. The molecular formula is C21H32IN3O3. The van der Waals surface area contributed by atoms with E-state index in [9.17, 15) is 9.59 Å². The summed E-state index contributed by atoms with van der Waals surface area (Å²) in [6.45, 7) is 11.1. The van der Waals surface area contributed by atoms with Crippen molar-refractivity contribution < 1.29 is 14.3 Å². The first-order valence-corrected chi connectivity index (χ1v) is 11.0. The molecule has 0 unspecified atom stereocenters. The first kappa shape index (κ1) is 22.9. The predicted octanol–water partition coefficient (Wildman–Crippen LogP) is 3.63. The van der Waals surface area contributed by atoms with Gasteiger partial charge in [-0.15, -0.1) is 0 Å². The lowest BCUT2D eigenvalue weighted by Crippen LogP contribution is -2.51. The van der Waals surface area contributed by atoms with Crippen LogP contribution in [0.15, 0.2) is 24.3 Å². The Balaban J connectivity index is 2.01. The Morgan fingerprint density at radius 1 is 1.21 bits per heavy atom. The molecule has 1 aromatic rings. The second kappa shape index (κ2) is 10.4. The highest BCUT2D eigenvalue weighted by Crippen LogP contribution is 2.16. The van der Waals surface area contributed by atoms with E-state index in [4.69, 9.17) is 4.74 Å². The Bertz CT molecular complexity index is 658. The number of hydrogen-bond acceptors (Lipinski definition) is 4. The molecule has 0 spiro atoms. The third-order valence-corrected chi connectivity index (χ3v) is 5.32. The fraction of sp³-hybridized carbons (Fsp3) is 0.619. The molecule has 1 aromatic carbocycles. The number of carbonyl (C=O) groups excluding carboxylic acids is 2. The van der Waals surface area contributed by atoms with Gasteiger partial charge in [0.2, 0.25) is 0 Å². The minimum absolute atomic E-state index is 0.186. The van der Waals surface area contributed by atoms with Crippen LogP contribution in [-0.4, -0.2) is 59.6 Å². The fourth-order valence-electron chi connectivity index (χ4n) is 3.29. The van der Waals surface area contributed by atoms with Gasteiger partial charge in [0, 0.05) is 36.3 Å². The van der Waals surface area contributed by atoms with Crippen molar-refractivity contribution in [3.63, 3.8) is 0 Å². The van der Waals surface area contributed by atoms with Crippen LogP contribution in [0.5, 0.6) is 0 Å². The summed E-state index contributed by atoms with van der Waals surface area (Å²) < 4.78 is 6.76. The van der Waals surface area contributed by atoms with Crippen LogP contribution in [-0.2, 0) is 16.1 Å². The monoisotopic (exact) mass is 501 g/mol. The molecule has 0 aromatic heterocycles. The van der Waals surface area contributed by atoms with Crippen molar-refractivity contribution >= 4 is 34.6 Å². The number of hydrogen-bond donors (Lipinski definition) is 1. The quantitative estimate of drug-likeness (QED) is 0.495. The molecule has 1 fully saturated rings. The van der Waals surface area contributed by atoms with Gasteiger partial charge >= 0.3 is 12.0 Å². The molecule has 7 heteroatoms. The zero-order chi connectivity index (χ0) is 20.7. The van der Waals surface area contributed by atoms with E-state index in [-0.39, 0.29) is 12.0 Å². The zero-order valence-electron chi connectivity index (χ0n) is 17.3. The van der Waals surface area contributed by atoms with E-state index in [1.54, 1.807) is 4.90 Å². The lowest BCUT2D eigenvalue weighted by molar-refractivity contribution is -0.160. The third-order valence-electron chi connectivity index (χ3n) is 4.60. The van der Waals surface area contributed by atoms with Gasteiger partial charge in [-0.1, -0.05) is 19.1 Å². The van der Waals surface area contributed by atoms with E-state index in [1.165, 1.54) is 9.13 Å². The highest BCUT2D eigenvalue weighted by atomic mass is 127. The van der Waals surface area contributed by atoms with Gasteiger partial charge in [-0.3, -0.25) is 4.90 Å². The molecule has 2 amide bonds. The van der Waals surface area contributed by atoms with Gasteiger partial charge in [-0.05, 0) is 73.9 Å². The van der Waals surface area contributed by atoms with Crippen molar-refractivity contribution in [2.45, 2.75) is 58.7 Å².